The first-order chi connectivity index (χ1) is 15.7. The van der Waals surface area contributed by atoms with Gasteiger partial charge in [0.25, 0.3) is 0 Å². The van der Waals surface area contributed by atoms with Crippen LogP contribution in [0.1, 0.15) is 30.1 Å². The minimum Gasteiger partial charge on any atom is -0.497 e. The molecule has 0 saturated carbocycles. The highest BCUT2D eigenvalue weighted by atomic mass is 16.5. The van der Waals surface area contributed by atoms with Crippen LogP contribution in [0.4, 0.5) is 0 Å². The van der Waals surface area contributed by atoms with Crippen LogP contribution >= 0.6 is 0 Å². The fraction of sp³-hybridized carbons (Fsp3) is 0.370. The Balaban J connectivity index is 1.33. The van der Waals surface area contributed by atoms with Gasteiger partial charge in [-0.2, -0.15) is 0 Å². The van der Waals surface area contributed by atoms with Gasteiger partial charge >= 0.3 is 0 Å². The summed E-state index contributed by atoms with van der Waals surface area (Å²) in [4.78, 5) is 6.94. The molecule has 3 aliphatic rings. The van der Waals surface area contributed by atoms with Crippen LogP contribution in [0.15, 0.2) is 60.8 Å². The SMILES string of the molecule is COc1ccc(/C=C/[C@H]2CN3CC[C@@H]2C[C@@H]3[C@H](O)c2ccnc3ccc(OC)cc23)cc1. The number of aromatic nitrogens is 1. The lowest BCUT2D eigenvalue weighted by Crippen LogP contribution is -2.54. The Morgan fingerprint density at radius 2 is 1.84 bits per heavy atom. The molecule has 4 heterocycles. The number of benzene rings is 2. The van der Waals surface area contributed by atoms with Gasteiger partial charge in [0, 0.05) is 24.2 Å². The van der Waals surface area contributed by atoms with Crippen LogP contribution in [0.3, 0.4) is 0 Å². The van der Waals surface area contributed by atoms with Crippen LogP contribution in [-0.4, -0.2) is 48.3 Å². The Kier molecular flexibility index (Phi) is 5.85. The molecule has 0 amide bonds. The first-order valence-corrected chi connectivity index (χ1v) is 11.3. The highest BCUT2D eigenvalue weighted by Gasteiger charge is 2.42. The fourth-order valence-electron chi connectivity index (χ4n) is 5.35. The number of nitrogens with zero attached hydrogens (tertiary/aromatic N) is 2. The van der Waals surface area contributed by atoms with Crippen molar-refractivity contribution in [1.82, 2.24) is 9.88 Å². The van der Waals surface area contributed by atoms with Crippen molar-refractivity contribution in [3.05, 3.63) is 71.9 Å². The van der Waals surface area contributed by atoms with Crippen LogP contribution in [-0.2, 0) is 0 Å². The number of ether oxygens (including phenoxy) is 2. The number of methoxy groups -OCH3 is 2. The van der Waals surface area contributed by atoms with Gasteiger partial charge in [0.15, 0.2) is 0 Å². The number of rotatable bonds is 6. The molecule has 3 saturated heterocycles. The summed E-state index contributed by atoms with van der Waals surface area (Å²) in [6.45, 7) is 2.04. The molecule has 2 bridgehead atoms. The molecule has 5 atom stereocenters. The van der Waals surface area contributed by atoms with Gasteiger partial charge in [-0.3, -0.25) is 9.88 Å². The van der Waals surface area contributed by atoms with Gasteiger partial charge in [-0.1, -0.05) is 24.3 Å². The number of aliphatic hydroxyl groups is 1. The lowest BCUT2D eigenvalue weighted by atomic mass is 9.73. The number of hydrogen-bond donors (Lipinski definition) is 1. The van der Waals surface area contributed by atoms with Gasteiger partial charge in [-0.15, -0.1) is 0 Å². The summed E-state index contributed by atoms with van der Waals surface area (Å²) >= 11 is 0. The molecule has 0 spiro atoms. The standard InChI is InChI=1S/C27H30N2O3/c1-31-21-7-4-18(5-8-21)3-6-20-17-29-14-12-19(20)15-26(29)27(30)23-11-13-28-25-10-9-22(32-2)16-24(23)25/h3-11,13,16,19-20,26-27,30H,12,14-15,17H2,1-2H3/b6-3+/t19-,20+,26-,27-/m1/s1. The second-order valence-electron chi connectivity index (χ2n) is 8.87. The van der Waals surface area contributed by atoms with E-state index in [9.17, 15) is 5.11 Å². The first-order valence-electron chi connectivity index (χ1n) is 11.3. The zero-order valence-corrected chi connectivity index (χ0v) is 18.6. The van der Waals surface area contributed by atoms with Gasteiger partial charge in [-0.05, 0) is 78.7 Å². The smallest absolute Gasteiger partial charge is 0.119 e. The Hall–Kier alpha value is -2.89. The van der Waals surface area contributed by atoms with Crippen molar-refractivity contribution in [2.24, 2.45) is 11.8 Å². The topological polar surface area (TPSA) is 54.8 Å². The van der Waals surface area contributed by atoms with Gasteiger partial charge in [-0.25, -0.2) is 0 Å². The average Bonchev–Trinajstić information content (AvgIpc) is 2.87. The summed E-state index contributed by atoms with van der Waals surface area (Å²) in [5.74, 6) is 2.77. The molecule has 32 heavy (non-hydrogen) atoms. The Morgan fingerprint density at radius 3 is 2.56 bits per heavy atom. The Morgan fingerprint density at radius 1 is 1.06 bits per heavy atom. The van der Waals surface area contributed by atoms with E-state index in [0.29, 0.717) is 11.8 Å². The van der Waals surface area contributed by atoms with Crippen molar-refractivity contribution in [2.75, 3.05) is 27.3 Å². The second-order valence-corrected chi connectivity index (χ2v) is 8.87. The minimum atomic E-state index is -0.540. The Labute approximate surface area is 189 Å². The predicted molar refractivity (Wildman–Crippen MR) is 127 cm³/mol. The van der Waals surface area contributed by atoms with E-state index in [1.807, 2.05) is 36.4 Å². The van der Waals surface area contributed by atoms with E-state index >= 15 is 0 Å². The van der Waals surface area contributed by atoms with E-state index in [0.717, 1.165) is 47.5 Å². The lowest BCUT2D eigenvalue weighted by Gasteiger charge is -2.50. The molecule has 166 valence electrons. The monoisotopic (exact) mass is 430 g/mol. The van der Waals surface area contributed by atoms with Crippen molar-refractivity contribution >= 4 is 17.0 Å². The highest BCUT2D eigenvalue weighted by molar-refractivity contribution is 5.84. The Bertz CT molecular complexity index is 1110. The van der Waals surface area contributed by atoms with E-state index in [1.165, 1.54) is 12.0 Å². The molecule has 1 unspecified atom stereocenters. The maximum absolute atomic E-state index is 11.4. The lowest BCUT2D eigenvalue weighted by molar-refractivity contribution is -0.0444. The van der Waals surface area contributed by atoms with E-state index in [1.54, 1.807) is 20.4 Å². The number of hydrogen-bond acceptors (Lipinski definition) is 5. The zero-order chi connectivity index (χ0) is 22.1. The maximum atomic E-state index is 11.4. The van der Waals surface area contributed by atoms with Crippen molar-refractivity contribution in [3.8, 4) is 11.5 Å². The molecule has 3 aliphatic heterocycles. The van der Waals surface area contributed by atoms with Crippen LogP contribution in [0.5, 0.6) is 11.5 Å². The molecule has 0 aliphatic carbocycles. The van der Waals surface area contributed by atoms with Crippen LogP contribution < -0.4 is 9.47 Å². The summed E-state index contributed by atoms with van der Waals surface area (Å²) in [6.07, 6.45) is 8.03. The van der Waals surface area contributed by atoms with Gasteiger partial charge in [0.1, 0.15) is 11.5 Å². The van der Waals surface area contributed by atoms with Crippen LogP contribution in [0.25, 0.3) is 17.0 Å². The molecule has 3 fully saturated rings. The van der Waals surface area contributed by atoms with Crippen molar-refractivity contribution < 1.29 is 14.6 Å². The molecule has 2 aromatic carbocycles. The molecular weight excluding hydrogens is 400 g/mol. The first kappa shape index (κ1) is 21.0. The van der Waals surface area contributed by atoms with Gasteiger partial charge in [0.2, 0.25) is 0 Å². The number of fused-ring (bicyclic) bond motifs is 4. The summed E-state index contributed by atoms with van der Waals surface area (Å²) in [5, 5.41) is 12.4. The van der Waals surface area contributed by atoms with Crippen molar-refractivity contribution in [2.45, 2.75) is 25.0 Å². The zero-order valence-electron chi connectivity index (χ0n) is 18.6. The van der Waals surface area contributed by atoms with Crippen molar-refractivity contribution in [1.29, 1.82) is 0 Å². The molecular formula is C27H30N2O3. The van der Waals surface area contributed by atoms with E-state index in [-0.39, 0.29) is 6.04 Å². The van der Waals surface area contributed by atoms with Crippen LogP contribution in [0.2, 0.25) is 0 Å². The number of aliphatic hydroxyl groups excluding tert-OH is 1. The van der Waals surface area contributed by atoms with Crippen LogP contribution in [0, 0.1) is 11.8 Å². The molecule has 6 rings (SSSR count). The molecule has 1 N–H and O–H groups in total. The highest BCUT2D eigenvalue weighted by Crippen LogP contribution is 2.42. The van der Waals surface area contributed by atoms with E-state index < -0.39 is 6.10 Å². The van der Waals surface area contributed by atoms with Crippen molar-refractivity contribution in [3.63, 3.8) is 0 Å². The van der Waals surface area contributed by atoms with Gasteiger partial charge in [0.05, 0.1) is 25.8 Å². The third-order valence-electron chi connectivity index (χ3n) is 7.17. The fourth-order valence-corrected chi connectivity index (χ4v) is 5.35. The summed E-state index contributed by atoms with van der Waals surface area (Å²) in [7, 11) is 3.35. The minimum absolute atomic E-state index is 0.135. The molecule has 0 radical (unpaired) electrons. The molecule has 1 aromatic heterocycles. The second kappa shape index (κ2) is 8.93. The molecule has 5 nitrogen and oxygen atoms in total. The summed E-state index contributed by atoms with van der Waals surface area (Å²) in [6, 6.07) is 16.1. The third kappa shape index (κ3) is 3.98. The quantitative estimate of drug-likeness (QED) is 0.614. The van der Waals surface area contributed by atoms with E-state index in [4.69, 9.17) is 9.47 Å². The van der Waals surface area contributed by atoms with E-state index in [2.05, 4.69) is 34.2 Å². The largest absolute Gasteiger partial charge is 0.497 e. The normalized spacial score (nSPS) is 25.8. The predicted octanol–water partition coefficient (Wildman–Crippen LogP) is 4.71. The summed E-state index contributed by atoms with van der Waals surface area (Å²) in [5.41, 5.74) is 3.02. The molecule has 3 aromatic rings. The number of piperidine rings is 3. The third-order valence-corrected chi connectivity index (χ3v) is 7.17. The maximum Gasteiger partial charge on any atom is 0.119 e. The number of pyridine rings is 1. The summed E-state index contributed by atoms with van der Waals surface area (Å²) < 4.78 is 10.7. The molecule has 5 heteroatoms. The average molecular weight is 431 g/mol. The van der Waals surface area contributed by atoms with Gasteiger partial charge < -0.3 is 14.6 Å².